The van der Waals surface area contributed by atoms with Gasteiger partial charge in [-0.1, -0.05) is 6.92 Å². The summed E-state index contributed by atoms with van der Waals surface area (Å²) in [5.74, 6) is 1.83. The lowest BCUT2D eigenvalue weighted by Gasteiger charge is -2.16. The summed E-state index contributed by atoms with van der Waals surface area (Å²) in [6, 6.07) is 4.16. The third kappa shape index (κ3) is 3.47. The van der Waals surface area contributed by atoms with Gasteiger partial charge in [-0.15, -0.1) is 0 Å². The molecule has 0 bridgehead atoms. The van der Waals surface area contributed by atoms with Crippen LogP contribution in [-0.2, 0) is 11.3 Å². The Labute approximate surface area is 118 Å². The zero-order chi connectivity index (χ0) is 13.7. The number of thiophene rings is 1. The maximum absolute atomic E-state index is 5.88. The molecule has 2 aromatic rings. The molecule has 0 aliphatic rings. The molecule has 1 atom stereocenters. The van der Waals surface area contributed by atoms with E-state index in [1.54, 1.807) is 18.4 Å². The summed E-state index contributed by atoms with van der Waals surface area (Å²) in [5.41, 5.74) is 2.61. The molecule has 1 N–H and O–H groups in total. The highest BCUT2D eigenvalue weighted by atomic mass is 32.1. The lowest BCUT2D eigenvalue weighted by Crippen LogP contribution is -2.22. The molecule has 0 aromatic carbocycles. The Balaban J connectivity index is 2.23. The first-order valence-corrected chi connectivity index (χ1v) is 7.54. The van der Waals surface area contributed by atoms with E-state index in [9.17, 15) is 0 Å². The van der Waals surface area contributed by atoms with Gasteiger partial charge >= 0.3 is 0 Å². The van der Waals surface area contributed by atoms with Gasteiger partial charge in [0.25, 0.3) is 0 Å². The Kier molecular flexibility index (Phi) is 5.19. The molecular formula is C15H21NO2S. The van der Waals surface area contributed by atoms with E-state index in [1.165, 1.54) is 11.1 Å². The molecule has 0 saturated carbocycles. The first-order chi connectivity index (χ1) is 9.26. The van der Waals surface area contributed by atoms with Gasteiger partial charge in [0.1, 0.15) is 18.1 Å². The van der Waals surface area contributed by atoms with Gasteiger partial charge in [-0.3, -0.25) is 0 Å². The van der Waals surface area contributed by atoms with Crippen molar-refractivity contribution in [2.75, 3.05) is 13.7 Å². The van der Waals surface area contributed by atoms with Gasteiger partial charge < -0.3 is 14.5 Å². The number of hydrogen-bond acceptors (Lipinski definition) is 4. The van der Waals surface area contributed by atoms with E-state index in [4.69, 9.17) is 9.15 Å². The van der Waals surface area contributed by atoms with Crippen LogP contribution >= 0.6 is 11.3 Å². The van der Waals surface area contributed by atoms with Crippen LogP contribution in [0.5, 0.6) is 0 Å². The van der Waals surface area contributed by atoms with Crippen LogP contribution in [0.2, 0.25) is 0 Å². The molecule has 0 spiro atoms. The molecule has 4 heteroatoms. The van der Waals surface area contributed by atoms with Crippen LogP contribution in [0.3, 0.4) is 0 Å². The minimum Gasteiger partial charge on any atom is -0.462 e. The van der Waals surface area contributed by atoms with Gasteiger partial charge in [0.15, 0.2) is 0 Å². The molecular weight excluding hydrogens is 258 g/mol. The monoisotopic (exact) mass is 279 g/mol. The van der Waals surface area contributed by atoms with Crippen LogP contribution in [0.15, 0.2) is 27.3 Å². The Hall–Kier alpha value is -1.10. The largest absolute Gasteiger partial charge is 0.462 e. The van der Waals surface area contributed by atoms with Crippen LogP contribution in [0.4, 0.5) is 0 Å². The van der Waals surface area contributed by atoms with Gasteiger partial charge in [-0.25, -0.2) is 0 Å². The summed E-state index contributed by atoms with van der Waals surface area (Å²) in [7, 11) is 1.68. The SMILES string of the molecule is CCCNC(c1ccc(COC)o1)c1cscc1C. The van der Waals surface area contributed by atoms with Crippen LogP contribution in [-0.4, -0.2) is 13.7 Å². The Morgan fingerprint density at radius 1 is 1.37 bits per heavy atom. The maximum Gasteiger partial charge on any atom is 0.129 e. The number of furan rings is 1. The fourth-order valence-electron chi connectivity index (χ4n) is 2.09. The smallest absolute Gasteiger partial charge is 0.129 e. The van der Waals surface area contributed by atoms with Crippen molar-refractivity contribution in [3.05, 3.63) is 45.5 Å². The number of methoxy groups -OCH3 is 1. The van der Waals surface area contributed by atoms with E-state index in [0.717, 1.165) is 24.5 Å². The first kappa shape index (κ1) is 14.3. The molecule has 2 heterocycles. The number of rotatable bonds is 7. The summed E-state index contributed by atoms with van der Waals surface area (Å²) in [5, 5.41) is 7.93. The lowest BCUT2D eigenvalue weighted by molar-refractivity contribution is 0.162. The second kappa shape index (κ2) is 6.89. The highest BCUT2D eigenvalue weighted by Gasteiger charge is 2.19. The molecule has 0 aliphatic heterocycles. The van der Waals surface area contributed by atoms with Crippen molar-refractivity contribution in [2.45, 2.75) is 32.9 Å². The van der Waals surface area contributed by atoms with E-state index >= 15 is 0 Å². The van der Waals surface area contributed by atoms with Gasteiger partial charge in [-0.05, 0) is 53.9 Å². The fourth-order valence-corrected chi connectivity index (χ4v) is 2.96. The molecule has 2 aromatic heterocycles. The molecule has 0 fully saturated rings. The number of nitrogens with one attached hydrogen (secondary N) is 1. The molecule has 0 amide bonds. The lowest BCUT2D eigenvalue weighted by atomic mass is 10.0. The topological polar surface area (TPSA) is 34.4 Å². The summed E-state index contributed by atoms with van der Waals surface area (Å²) < 4.78 is 11.0. The van der Waals surface area contributed by atoms with Crippen LogP contribution in [0, 0.1) is 6.92 Å². The predicted molar refractivity (Wildman–Crippen MR) is 78.6 cm³/mol. The summed E-state index contributed by atoms with van der Waals surface area (Å²) >= 11 is 1.73. The Morgan fingerprint density at radius 3 is 2.84 bits per heavy atom. The normalized spacial score (nSPS) is 12.8. The van der Waals surface area contributed by atoms with E-state index in [1.807, 2.05) is 12.1 Å². The zero-order valence-electron chi connectivity index (χ0n) is 11.7. The van der Waals surface area contributed by atoms with Crippen LogP contribution in [0.25, 0.3) is 0 Å². The molecule has 1 unspecified atom stereocenters. The van der Waals surface area contributed by atoms with Crippen molar-refractivity contribution in [1.29, 1.82) is 0 Å². The van der Waals surface area contributed by atoms with E-state index in [0.29, 0.717) is 6.61 Å². The van der Waals surface area contributed by atoms with Crippen molar-refractivity contribution >= 4 is 11.3 Å². The standard InChI is InChI=1S/C15H21NO2S/c1-4-7-16-15(13-10-19-9-11(13)2)14-6-5-12(18-14)8-17-3/h5-6,9-10,15-16H,4,7-8H2,1-3H3. The minimum absolute atomic E-state index is 0.136. The summed E-state index contributed by atoms with van der Waals surface area (Å²) in [6.07, 6.45) is 1.10. The van der Waals surface area contributed by atoms with Gasteiger partial charge in [0, 0.05) is 7.11 Å². The molecule has 104 valence electrons. The minimum atomic E-state index is 0.136. The molecule has 0 radical (unpaired) electrons. The first-order valence-electron chi connectivity index (χ1n) is 6.59. The fraction of sp³-hybridized carbons (Fsp3) is 0.467. The third-order valence-corrected chi connectivity index (χ3v) is 3.94. The van der Waals surface area contributed by atoms with Crippen LogP contribution in [0.1, 0.15) is 42.0 Å². The summed E-state index contributed by atoms with van der Waals surface area (Å²) in [4.78, 5) is 0. The van der Waals surface area contributed by atoms with Crippen molar-refractivity contribution in [3.8, 4) is 0 Å². The molecule has 0 saturated heterocycles. The van der Waals surface area contributed by atoms with Gasteiger partial charge in [0.2, 0.25) is 0 Å². The summed E-state index contributed by atoms with van der Waals surface area (Å²) in [6.45, 7) is 5.80. The number of ether oxygens (including phenoxy) is 1. The van der Waals surface area contributed by atoms with E-state index < -0.39 is 0 Å². The number of aryl methyl sites for hydroxylation is 1. The van der Waals surface area contributed by atoms with E-state index in [-0.39, 0.29) is 6.04 Å². The second-order valence-electron chi connectivity index (χ2n) is 4.63. The van der Waals surface area contributed by atoms with Crippen molar-refractivity contribution in [2.24, 2.45) is 0 Å². The second-order valence-corrected chi connectivity index (χ2v) is 5.38. The van der Waals surface area contributed by atoms with Crippen molar-refractivity contribution < 1.29 is 9.15 Å². The average molecular weight is 279 g/mol. The molecule has 2 rings (SSSR count). The molecule has 19 heavy (non-hydrogen) atoms. The molecule has 0 aliphatic carbocycles. The average Bonchev–Trinajstić information content (AvgIpc) is 3.01. The quantitative estimate of drug-likeness (QED) is 0.835. The van der Waals surface area contributed by atoms with Crippen molar-refractivity contribution in [1.82, 2.24) is 5.32 Å². The Morgan fingerprint density at radius 2 is 2.21 bits per heavy atom. The van der Waals surface area contributed by atoms with Gasteiger partial charge in [0.05, 0.1) is 6.04 Å². The van der Waals surface area contributed by atoms with Crippen LogP contribution < -0.4 is 5.32 Å². The maximum atomic E-state index is 5.88. The zero-order valence-corrected chi connectivity index (χ0v) is 12.5. The highest BCUT2D eigenvalue weighted by molar-refractivity contribution is 7.08. The number of hydrogen-bond donors (Lipinski definition) is 1. The van der Waals surface area contributed by atoms with E-state index in [2.05, 4.69) is 29.9 Å². The molecule has 3 nitrogen and oxygen atoms in total. The highest BCUT2D eigenvalue weighted by Crippen LogP contribution is 2.29. The van der Waals surface area contributed by atoms with Gasteiger partial charge in [-0.2, -0.15) is 11.3 Å². The predicted octanol–water partition coefficient (Wildman–Crippen LogP) is 3.88. The van der Waals surface area contributed by atoms with Crippen molar-refractivity contribution in [3.63, 3.8) is 0 Å². The Bertz CT molecular complexity index is 504. The third-order valence-electron chi connectivity index (χ3n) is 3.06.